The van der Waals surface area contributed by atoms with Gasteiger partial charge in [0.25, 0.3) is 11.5 Å². The number of rotatable bonds is 10. The Hall–Kier alpha value is -3.94. The summed E-state index contributed by atoms with van der Waals surface area (Å²) in [4.78, 5) is 46.7. The van der Waals surface area contributed by atoms with Gasteiger partial charge in [-0.1, -0.05) is 33.3 Å². The molecule has 0 saturated carbocycles. The number of morpholine rings is 1. The van der Waals surface area contributed by atoms with E-state index in [1.165, 1.54) is 15.9 Å². The van der Waals surface area contributed by atoms with Crippen molar-refractivity contribution >= 4 is 45.2 Å². The second-order valence-electron chi connectivity index (χ2n) is 10.1. The number of carbonyl (C=O) groups is 2. The van der Waals surface area contributed by atoms with Crippen molar-refractivity contribution in [3.8, 4) is 17.2 Å². The molecule has 11 nitrogen and oxygen atoms in total. The number of halogens is 1. The van der Waals surface area contributed by atoms with Gasteiger partial charge in [-0.3, -0.25) is 14.2 Å². The zero-order valence-corrected chi connectivity index (χ0v) is 27.9. The van der Waals surface area contributed by atoms with Crippen molar-refractivity contribution in [2.75, 3.05) is 53.2 Å². The smallest absolute Gasteiger partial charge is 0.338 e. The monoisotopic (exact) mass is 699 g/mol. The van der Waals surface area contributed by atoms with E-state index in [1.54, 1.807) is 56.2 Å². The number of methoxy groups -OCH3 is 1. The number of benzene rings is 2. The van der Waals surface area contributed by atoms with E-state index in [4.69, 9.17) is 23.7 Å². The molecule has 0 N–H and O–H groups in total. The third-order valence-electron chi connectivity index (χ3n) is 7.28. The van der Waals surface area contributed by atoms with Crippen LogP contribution < -0.4 is 29.1 Å². The number of esters is 1. The molecule has 0 unspecified atom stereocenters. The Labute approximate surface area is 272 Å². The van der Waals surface area contributed by atoms with Crippen LogP contribution in [0.25, 0.3) is 6.08 Å². The molecule has 3 heterocycles. The molecule has 1 aromatic heterocycles. The maximum absolute atomic E-state index is 14.1. The SMILES string of the molecule is CCOC(=O)C1=C(C)N=c2s/c(=C\c3ccc(OCC(=O)N4CCOCC4)c(OCC)c3)c(=O)n2[C@H]1c1cc(Br)ccc1OC. The normalized spacial score (nSPS) is 16.6. The number of carbonyl (C=O) groups excluding carboxylic acids is 2. The minimum atomic E-state index is -0.825. The van der Waals surface area contributed by atoms with Crippen LogP contribution in [0.4, 0.5) is 0 Å². The maximum atomic E-state index is 14.1. The Kier molecular flexibility index (Phi) is 10.4. The van der Waals surface area contributed by atoms with Crippen molar-refractivity contribution in [2.45, 2.75) is 26.8 Å². The first-order chi connectivity index (χ1) is 21.7. The van der Waals surface area contributed by atoms with Crippen LogP contribution in [0, 0.1) is 0 Å². The van der Waals surface area contributed by atoms with Gasteiger partial charge in [-0.15, -0.1) is 0 Å². The lowest BCUT2D eigenvalue weighted by atomic mass is 9.95. The molecule has 1 saturated heterocycles. The number of hydrogen-bond acceptors (Lipinski definition) is 10. The predicted molar refractivity (Wildman–Crippen MR) is 172 cm³/mol. The number of allylic oxidation sites excluding steroid dienone is 1. The van der Waals surface area contributed by atoms with Gasteiger partial charge in [-0.2, -0.15) is 0 Å². The van der Waals surface area contributed by atoms with Gasteiger partial charge >= 0.3 is 5.97 Å². The molecular formula is C32H34BrN3O8S. The lowest BCUT2D eigenvalue weighted by Gasteiger charge is -2.26. The quantitative estimate of drug-likeness (QED) is 0.296. The zero-order valence-electron chi connectivity index (χ0n) is 25.5. The van der Waals surface area contributed by atoms with E-state index in [0.29, 0.717) is 76.3 Å². The molecule has 0 aliphatic carbocycles. The van der Waals surface area contributed by atoms with Crippen LogP contribution in [0.1, 0.15) is 37.9 Å². The molecule has 45 heavy (non-hydrogen) atoms. The minimum absolute atomic E-state index is 0.125. The third kappa shape index (κ3) is 7.00. The highest BCUT2D eigenvalue weighted by molar-refractivity contribution is 9.10. The van der Waals surface area contributed by atoms with Crippen LogP contribution in [-0.2, 0) is 19.1 Å². The minimum Gasteiger partial charge on any atom is -0.496 e. The highest BCUT2D eigenvalue weighted by Crippen LogP contribution is 2.37. The standard InChI is InChI=1S/C32H34BrN3O8S/c1-5-42-25-15-20(7-9-24(25)44-18-27(37)35-11-13-41-14-12-35)16-26-30(38)36-29(22-17-21(33)8-10-23(22)40-4)28(31(39)43-6-2)19(3)34-32(36)45-26/h7-10,15-17,29H,5-6,11-14,18H2,1-4H3/b26-16-/t29-/m0/s1. The lowest BCUT2D eigenvalue weighted by molar-refractivity contribution is -0.139. The van der Waals surface area contributed by atoms with E-state index in [1.807, 2.05) is 19.1 Å². The molecule has 238 valence electrons. The van der Waals surface area contributed by atoms with Crippen LogP contribution >= 0.6 is 27.3 Å². The predicted octanol–water partition coefficient (Wildman–Crippen LogP) is 3.21. The zero-order chi connectivity index (χ0) is 32.1. The molecule has 13 heteroatoms. The summed E-state index contributed by atoms with van der Waals surface area (Å²) in [5.74, 6) is 0.710. The summed E-state index contributed by atoms with van der Waals surface area (Å²) in [6.45, 7) is 7.83. The van der Waals surface area contributed by atoms with E-state index in [0.717, 1.165) is 4.47 Å². The highest BCUT2D eigenvalue weighted by atomic mass is 79.9. The molecule has 3 aromatic rings. The van der Waals surface area contributed by atoms with Crippen molar-refractivity contribution in [1.82, 2.24) is 9.47 Å². The Morgan fingerprint density at radius 1 is 1.07 bits per heavy atom. The van der Waals surface area contributed by atoms with Crippen LogP contribution in [0.5, 0.6) is 17.2 Å². The number of thiazole rings is 1. The highest BCUT2D eigenvalue weighted by Gasteiger charge is 2.35. The van der Waals surface area contributed by atoms with Crippen LogP contribution in [-0.4, -0.2) is 74.6 Å². The summed E-state index contributed by atoms with van der Waals surface area (Å²) in [5, 5.41) is 0. The summed E-state index contributed by atoms with van der Waals surface area (Å²) in [7, 11) is 1.54. The number of nitrogens with zero attached hydrogens (tertiary/aromatic N) is 3. The number of aromatic nitrogens is 1. The maximum Gasteiger partial charge on any atom is 0.338 e. The Morgan fingerprint density at radius 3 is 2.53 bits per heavy atom. The summed E-state index contributed by atoms with van der Waals surface area (Å²) in [5.41, 5.74) is 1.70. The van der Waals surface area contributed by atoms with Crippen LogP contribution in [0.3, 0.4) is 0 Å². The first-order valence-electron chi connectivity index (χ1n) is 14.5. The second-order valence-corrected chi connectivity index (χ2v) is 12.0. The fourth-order valence-corrected chi connectivity index (χ4v) is 6.63. The fourth-order valence-electron chi connectivity index (χ4n) is 5.20. The molecule has 1 fully saturated rings. The van der Waals surface area contributed by atoms with E-state index in [-0.39, 0.29) is 30.3 Å². The second kappa shape index (κ2) is 14.4. The van der Waals surface area contributed by atoms with E-state index < -0.39 is 12.0 Å². The topological polar surface area (TPSA) is 118 Å². The van der Waals surface area contributed by atoms with Crippen molar-refractivity contribution in [1.29, 1.82) is 0 Å². The molecule has 1 atom stereocenters. The summed E-state index contributed by atoms with van der Waals surface area (Å²) in [6, 6.07) is 9.89. The summed E-state index contributed by atoms with van der Waals surface area (Å²) in [6.07, 6.45) is 1.74. The third-order valence-corrected chi connectivity index (χ3v) is 8.76. The van der Waals surface area contributed by atoms with E-state index in [9.17, 15) is 14.4 Å². The molecular weight excluding hydrogens is 666 g/mol. The van der Waals surface area contributed by atoms with Crippen molar-refractivity contribution < 1.29 is 33.3 Å². The Morgan fingerprint density at radius 2 is 1.82 bits per heavy atom. The first-order valence-corrected chi connectivity index (χ1v) is 16.1. The van der Waals surface area contributed by atoms with Crippen molar-refractivity contribution in [2.24, 2.45) is 4.99 Å². The summed E-state index contributed by atoms with van der Waals surface area (Å²) >= 11 is 4.73. The molecule has 2 aliphatic rings. The molecule has 0 bridgehead atoms. The van der Waals surface area contributed by atoms with Gasteiger partial charge < -0.3 is 28.6 Å². The van der Waals surface area contributed by atoms with Gasteiger partial charge in [-0.25, -0.2) is 9.79 Å². The van der Waals surface area contributed by atoms with Crippen molar-refractivity contribution in [3.63, 3.8) is 0 Å². The van der Waals surface area contributed by atoms with E-state index in [2.05, 4.69) is 20.9 Å². The number of hydrogen-bond donors (Lipinski definition) is 0. The average Bonchev–Trinajstić information content (AvgIpc) is 3.34. The molecule has 5 rings (SSSR count). The van der Waals surface area contributed by atoms with Gasteiger partial charge in [-0.05, 0) is 62.7 Å². The Bertz CT molecular complexity index is 1810. The number of fused-ring (bicyclic) bond motifs is 1. The van der Waals surface area contributed by atoms with Crippen molar-refractivity contribution in [3.05, 3.63) is 83.0 Å². The van der Waals surface area contributed by atoms with Gasteiger partial charge in [0.05, 0.1) is 49.3 Å². The lowest BCUT2D eigenvalue weighted by Crippen LogP contribution is -2.43. The van der Waals surface area contributed by atoms with Gasteiger partial charge in [0.15, 0.2) is 22.9 Å². The molecule has 2 aromatic carbocycles. The van der Waals surface area contributed by atoms with Gasteiger partial charge in [0.2, 0.25) is 0 Å². The summed E-state index contributed by atoms with van der Waals surface area (Å²) < 4.78 is 30.7. The van der Waals surface area contributed by atoms with Crippen LogP contribution in [0.15, 0.2) is 61.9 Å². The number of amides is 1. The molecule has 1 amide bonds. The van der Waals surface area contributed by atoms with Gasteiger partial charge in [0.1, 0.15) is 11.8 Å². The first kappa shape index (κ1) is 32.5. The number of ether oxygens (including phenoxy) is 5. The molecule has 0 spiro atoms. The molecule has 2 aliphatic heterocycles. The van der Waals surface area contributed by atoms with Gasteiger partial charge in [0, 0.05) is 23.1 Å². The van der Waals surface area contributed by atoms with Crippen LogP contribution in [0.2, 0.25) is 0 Å². The average molecular weight is 701 g/mol. The van der Waals surface area contributed by atoms with E-state index >= 15 is 0 Å². The molecule has 0 radical (unpaired) electrons. The largest absolute Gasteiger partial charge is 0.496 e. The fraction of sp³-hybridized carbons (Fsp3) is 0.375. The Balaban J connectivity index is 1.54.